The third-order valence-electron chi connectivity index (χ3n) is 5.07. The highest BCUT2D eigenvalue weighted by atomic mass is 16.6. The van der Waals surface area contributed by atoms with Gasteiger partial charge in [0.15, 0.2) is 0 Å². The van der Waals surface area contributed by atoms with Crippen molar-refractivity contribution >= 4 is 11.8 Å². The van der Waals surface area contributed by atoms with Gasteiger partial charge in [0.05, 0.1) is 6.61 Å². The van der Waals surface area contributed by atoms with Crippen LogP contribution in [0, 0.1) is 0 Å². The molecule has 1 aromatic rings. The number of benzene rings is 1. The van der Waals surface area contributed by atoms with E-state index in [4.69, 9.17) is 9.47 Å². The molecule has 5 heteroatoms. The van der Waals surface area contributed by atoms with E-state index in [2.05, 4.69) is 31.0 Å². The number of anilines is 1. The molecule has 0 spiro atoms. The van der Waals surface area contributed by atoms with Gasteiger partial charge in [-0.2, -0.15) is 0 Å². The first-order valence-electron chi connectivity index (χ1n) is 10.1. The summed E-state index contributed by atoms with van der Waals surface area (Å²) in [5, 5.41) is 2.84. The number of nitrogens with one attached hydrogen (secondary N) is 1. The van der Waals surface area contributed by atoms with E-state index in [1.165, 1.54) is 6.42 Å². The van der Waals surface area contributed by atoms with Crippen LogP contribution < -0.4 is 10.1 Å². The smallest absolute Gasteiger partial charge is 0.411 e. The molecule has 1 aliphatic carbocycles. The average Bonchev–Trinajstić information content (AvgIpc) is 2.65. The Hall–Kier alpha value is -1.75. The fraction of sp³-hybridized carbons (Fsp3) is 0.667. The zero-order valence-corrected chi connectivity index (χ0v) is 16.5. The highest BCUT2D eigenvalue weighted by Crippen LogP contribution is 2.26. The van der Waals surface area contributed by atoms with E-state index in [0.717, 1.165) is 63.2 Å². The van der Waals surface area contributed by atoms with E-state index in [9.17, 15) is 4.79 Å². The molecule has 26 heavy (non-hydrogen) atoms. The number of unbranched alkanes of at least 4 members (excludes halogenated alkanes) is 1. The zero-order chi connectivity index (χ0) is 18.8. The van der Waals surface area contributed by atoms with Crippen molar-refractivity contribution in [1.82, 2.24) is 4.90 Å². The van der Waals surface area contributed by atoms with Crippen LogP contribution in [-0.4, -0.2) is 42.8 Å². The summed E-state index contributed by atoms with van der Waals surface area (Å²) in [5.74, 6) is 0.825. The van der Waals surface area contributed by atoms with Gasteiger partial charge in [0.25, 0.3) is 0 Å². The van der Waals surface area contributed by atoms with Gasteiger partial charge in [-0.1, -0.05) is 33.6 Å². The Morgan fingerprint density at radius 1 is 1.12 bits per heavy atom. The van der Waals surface area contributed by atoms with Crippen molar-refractivity contribution in [3.8, 4) is 5.75 Å². The Kier molecular flexibility index (Phi) is 8.75. The molecule has 146 valence electrons. The first-order valence-corrected chi connectivity index (χ1v) is 10.1. The summed E-state index contributed by atoms with van der Waals surface area (Å²) in [6, 6.07) is 7.80. The highest BCUT2D eigenvalue weighted by Gasteiger charge is 2.31. The van der Waals surface area contributed by atoms with Crippen LogP contribution in [0.5, 0.6) is 5.75 Å². The second-order valence-corrected chi connectivity index (χ2v) is 6.87. The van der Waals surface area contributed by atoms with Gasteiger partial charge in [0, 0.05) is 11.7 Å². The lowest BCUT2D eigenvalue weighted by atomic mass is 9.91. The third-order valence-corrected chi connectivity index (χ3v) is 5.07. The molecule has 0 heterocycles. The molecule has 0 aromatic heterocycles. The highest BCUT2D eigenvalue weighted by molar-refractivity contribution is 5.84. The molecule has 0 unspecified atom stereocenters. The molecule has 1 N–H and O–H groups in total. The summed E-state index contributed by atoms with van der Waals surface area (Å²) in [7, 11) is 0. The maximum atomic E-state index is 12.3. The maximum Gasteiger partial charge on any atom is 0.411 e. The summed E-state index contributed by atoms with van der Waals surface area (Å²) in [6.45, 7) is 9.17. The Balaban J connectivity index is 1.86. The Bertz CT molecular complexity index is 529. The normalized spacial score (nSPS) is 20.0. The quantitative estimate of drug-likeness (QED) is 0.623. The fourth-order valence-corrected chi connectivity index (χ4v) is 3.58. The lowest BCUT2D eigenvalue weighted by molar-refractivity contribution is 0.0125. The lowest BCUT2D eigenvalue weighted by Crippen LogP contribution is -2.47. The number of carbonyl (C=O) groups is 1. The standard InChI is InChI=1S/C21H34N2O3/c1-4-7-16-25-18-14-12-17(13-15-18)22-21(24)26-20-11-9-8-10-19(20)23(5-2)6-3/h12-15,19-20H,4-11,16H2,1-3H3,(H,22,24)/t19-,20-/m0/s1. The van der Waals surface area contributed by atoms with Crippen molar-refractivity contribution in [2.75, 3.05) is 25.0 Å². The van der Waals surface area contributed by atoms with E-state index in [0.29, 0.717) is 6.04 Å². The van der Waals surface area contributed by atoms with Crippen LogP contribution in [0.3, 0.4) is 0 Å². The van der Waals surface area contributed by atoms with Gasteiger partial charge in [-0.25, -0.2) is 4.79 Å². The van der Waals surface area contributed by atoms with Crippen molar-refractivity contribution in [3.05, 3.63) is 24.3 Å². The van der Waals surface area contributed by atoms with Gasteiger partial charge in [0.1, 0.15) is 11.9 Å². The topological polar surface area (TPSA) is 50.8 Å². The summed E-state index contributed by atoms with van der Waals surface area (Å²) >= 11 is 0. The molecule has 5 nitrogen and oxygen atoms in total. The van der Waals surface area contributed by atoms with Crippen molar-refractivity contribution in [3.63, 3.8) is 0 Å². The van der Waals surface area contributed by atoms with Crippen LogP contribution in [0.4, 0.5) is 10.5 Å². The van der Waals surface area contributed by atoms with Crippen LogP contribution in [0.2, 0.25) is 0 Å². The number of nitrogens with zero attached hydrogens (tertiary/aromatic N) is 1. The van der Waals surface area contributed by atoms with Gasteiger partial charge in [0.2, 0.25) is 0 Å². The molecule has 0 saturated heterocycles. The number of hydrogen-bond donors (Lipinski definition) is 1. The second-order valence-electron chi connectivity index (χ2n) is 6.87. The van der Waals surface area contributed by atoms with Crippen LogP contribution in [0.25, 0.3) is 0 Å². The Morgan fingerprint density at radius 3 is 2.46 bits per heavy atom. The van der Waals surface area contributed by atoms with Crippen LogP contribution in [-0.2, 0) is 4.74 Å². The minimum atomic E-state index is -0.367. The fourth-order valence-electron chi connectivity index (χ4n) is 3.58. The first kappa shape index (κ1) is 20.6. The summed E-state index contributed by atoms with van der Waals surface area (Å²) in [6.07, 6.45) is 6.14. The molecule has 2 rings (SSSR count). The average molecular weight is 363 g/mol. The molecule has 1 aromatic carbocycles. The molecule has 0 radical (unpaired) electrons. The maximum absolute atomic E-state index is 12.3. The van der Waals surface area contributed by atoms with Gasteiger partial charge < -0.3 is 9.47 Å². The predicted octanol–water partition coefficient (Wildman–Crippen LogP) is 5.07. The van der Waals surface area contributed by atoms with Gasteiger partial charge in [-0.15, -0.1) is 0 Å². The van der Waals surface area contributed by atoms with Crippen LogP contribution in [0.15, 0.2) is 24.3 Å². The molecule has 1 fully saturated rings. The lowest BCUT2D eigenvalue weighted by Gasteiger charge is -2.38. The zero-order valence-electron chi connectivity index (χ0n) is 16.5. The monoisotopic (exact) mass is 362 g/mol. The molecule has 1 saturated carbocycles. The summed E-state index contributed by atoms with van der Waals surface area (Å²) < 4.78 is 11.4. The molecule has 1 aliphatic rings. The van der Waals surface area contributed by atoms with Crippen molar-refractivity contribution in [2.24, 2.45) is 0 Å². The van der Waals surface area contributed by atoms with Crippen molar-refractivity contribution in [1.29, 1.82) is 0 Å². The summed E-state index contributed by atoms with van der Waals surface area (Å²) in [4.78, 5) is 14.7. The largest absolute Gasteiger partial charge is 0.494 e. The SMILES string of the molecule is CCCCOc1ccc(NC(=O)O[C@H]2CCCC[C@@H]2N(CC)CC)cc1. The molecule has 1 amide bonds. The van der Waals surface area contributed by atoms with E-state index in [1.807, 2.05) is 24.3 Å². The van der Waals surface area contributed by atoms with Gasteiger partial charge in [-0.3, -0.25) is 10.2 Å². The van der Waals surface area contributed by atoms with Gasteiger partial charge >= 0.3 is 6.09 Å². The van der Waals surface area contributed by atoms with Crippen LogP contribution in [0.1, 0.15) is 59.3 Å². The number of amides is 1. The predicted molar refractivity (Wildman–Crippen MR) is 106 cm³/mol. The molecule has 2 atom stereocenters. The van der Waals surface area contributed by atoms with Crippen molar-refractivity contribution < 1.29 is 14.3 Å². The van der Waals surface area contributed by atoms with E-state index in [1.54, 1.807) is 0 Å². The minimum absolute atomic E-state index is 0.0275. The van der Waals surface area contributed by atoms with Crippen LogP contribution >= 0.6 is 0 Å². The van der Waals surface area contributed by atoms with Crippen molar-refractivity contribution in [2.45, 2.75) is 71.4 Å². The molecule has 0 bridgehead atoms. The number of ether oxygens (including phenoxy) is 2. The second kappa shape index (κ2) is 11.1. The third kappa shape index (κ3) is 6.20. The Morgan fingerprint density at radius 2 is 1.81 bits per heavy atom. The first-order chi connectivity index (χ1) is 12.7. The van der Waals surface area contributed by atoms with Gasteiger partial charge in [-0.05, 0) is 63.0 Å². The number of hydrogen-bond acceptors (Lipinski definition) is 4. The van der Waals surface area contributed by atoms with E-state index < -0.39 is 0 Å². The molecule has 0 aliphatic heterocycles. The minimum Gasteiger partial charge on any atom is -0.494 e. The number of carbonyl (C=O) groups excluding carboxylic acids is 1. The Labute approximate surface area is 158 Å². The molecular weight excluding hydrogens is 328 g/mol. The number of likely N-dealkylation sites (N-methyl/N-ethyl adjacent to an activating group) is 1. The summed E-state index contributed by atoms with van der Waals surface area (Å²) in [5.41, 5.74) is 0.730. The van der Waals surface area contributed by atoms with E-state index >= 15 is 0 Å². The van der Waals surface area contributed by atoms with E-state index in [-0.39, 0.29) is 12.2 Å². The number of rotatable bonds is 9. The molecular formula is C21H34N2O3.